The van der Waals surface area contributed by atoms with E-state index >= 15 is 0 Å². The van der Waals surface area contributed by atoms with Crippen LogP contribution in [0.5, 0.6) is 0 Å². The summed E-state index contributed by atoms with van der Waals surface area (Å²) in [6, 6.07) is 7.49. The van der Waals surface area contributed by atoms with E-state index in [4.69, 9.17) is 0 Å². The van der Waals surface area contributed by atoms with Crippen molar-refractivity contribution in [3.05, 3.63) is 29.3 Å². The van der Waals surface area contributed by atoms with Gasteiger partial charge >= 0.3 is 0 Å². The van der Waals surface area contributed by atoms with Gasteiger partial charge in [-0.25, -0.2) is 0 Å². The predicted molar refractivity (Wildman–Crippen MR) is 86.1 cm³/mol. The average Bonchev–Trinajstić information content (AvgIpc) is 2.40. The largest absolute Gasteiger partial charge is 0.313 e. The number of aryl methyl sites for hydroxylation is 2. The highest BCUT2D eigenvalue weighted by molar-refractivity contribution is 7.99. The van der Waals surface area contributed by atoms with Crippen LogP contribution in [-0.4, -0.2) is 18.3 Å². The highest BCUT2D eigenvalue weighted by atomic mass is 32.2. The first-order valence-corrected chi connectivity index (χ1v) is 8.59. The summed E-state index contributed by atoms with van der Waals surface area (Å²) in [5, 5.41) is 3.75. The molecular formula is C17H27NS. The molecule has 1 aromatic rings. The Morgan fingerprint density at radius 1 is 1.21 bits per heavy atom. The fourth-order valence-corrected chi connectivity index (χ4v) is 3.89. The SMILES string of the molecule is Cc1ccc(C)c(SCCNC2CCCCC2C)c1. The van der Waals surface area contributed by atoms with Crippen LogP contribution in [0.2, 0.25) is 0 Å². The monoisotopic (exact) mass is 277 g/mol. The number of benzene rings is 1. The Morgan fingerprint density at radius 3 is 2.79 bits per heavy atom. The molecule has 1 saturated carbocycles. The van der Waals surface area contributed by atoms with E-state index in [1.54, 1.807) is 0 Å². The third-order valence-corrected chi connectivity index (χ3v) is 5.38. The fraction of sp³-hybridized carbons (Fsp3) is 0.647. The van der Waals surface area contributed by atoms with Gasteiger partial charge in [0.1, 0.15) is 0 Å². The van der Waals surface area contributed by atoms with Crippen LogP contribution in [0, 0.1) is 19.8 Å². The molecule has 0 radical (unpaired) electrons. The van der Waals surface area contributed by atoms with Crippen molar-refractivity contribution in [2.75, 3.05) is 12.3 Å². The van der Waals surface area contributed by atoms with Crippen molar-refractivity contribution >= 4 is 11.8 Å². The average molecular weight is 277 g/mol. The van der Waals surface area contributed by atoms with E-state index in [9.17, 15) is 0 Å². The summed E-state index contributed by atoms with van der Waals surface area (Å²) in [6.07, 6.45) is 5.61. The molecular weight excluding hydrogens is 250 g/mol. The van der Waals surface area contributed by atoms with Gasteiger partial charge in [0.2, 0.25) is 0 Å². The molecule has 106 valence electrons. The molecule has 1 fully saturated rings. The van der Waals surface area contributed by atoms with Gasteiger partial charge in [-0.1, -0.05) is 37.5 Å². The van der Waals surface area contributed by atoms with Crippen molar-refractivity contribution in [1.82, 2.24) is 5.32 Å². The van der Waals surface area contributed by atoms with E-state index in [-0.39, 0.29) is 0 Å². The van der Waals surface area contributed by atoms with Crippen molar-refractivity contribution in [3.63, 3.8) is 0 Å². The van der Waals surface area contributed by atoms with E-state index in [1.165, 1.54) is 47.5 Å². The molecule has 0 aromatic heterocycles. The molecule has 1 nitrogen and oxygen atoms in total. The molecule has 2 atom stereocenters. The Balaban J connectivity index is 1.73. The van der Waals surface area contributed by atoms with Gasteiger partial charge in [-0.05, 0) is 44.2 Å². The standard InChI is InChI=1S/C17H27NS/c1-13-8-9-15(3)17(12-13)19-11-10-18-16-7-5-4-6-14(16)2/h8-9,12,14,16,18H,4-7,10-11H2,1-3H3. The third-order valence-electron chi connectivity index (χ3n) is 4.22. The van der Waals surface area contributed by atoms with E-state index in [0.29, 0.717) is 0 Å². The van der Waals surface area contributed by atoms with Gasteiger partial charge in [0.15, 0.2) is 0 Å². The molecule has 0 saturated heterocycles. The summed E-state index contributed by atoms with van der Waals surface area (Å²) in [6.45, 7) is 7.91. The summed E-state index contributed by atoms with van der Waals surface area (Å²) in [7, 11) is 0. The molecule has 2 unspecified atom stereocenters. The van der Waals surface area contributed by atoms with Crippen molar-refractivity contribution in [2.45, 2.75) is 57.4 Å². The second-order valence-electron chi connectivity index (χ2n) is 5.94. The van der Waals surface area contributed by atoms with Gasteiger partial charge in [0.05, 0.1) is 0 Å². The molecule has 1 aromatic carbocycles. The van der Waals surface area contributed by atoms with Crippen LogP contribution >= 0.6 is 11.8 Å². The second kappa shape index (κ2) is 7.35. The summed E-state index contributed by atoms with van der Waals surface area (Å²) < 4.78 is 0. The maximum absolute atomic E-state index is 3.75. The van der Waals surface area contributed by atoms with E-state index in [1.807, 2.05) is 11.8 Å². The molecule has 1 aliphatic carbocycles. The van der Waals surface area contributed by atoms with Gasteiger partial charge in [0, 0.05) is 23.2 Å². The van der Waals surface area contributed by atoms with Gasteiger partial charge in [-0.2, -0.15) is 0 Å². The number of hydrogen-bond donors (Lipinski definition) is 1. The highest BCUT2D eigenvalue weighted by Gasteiger charge is 2.19. The molecule has 1 N–H and O–H groups in total. The predicted octanol–water partition coefficient (Wildman–Crippen LogP) is 4.56. The van der Waals surface area contributed by atoms with E-state index in [0.717, 1.165) is 18.5 Å². The zero-order valence-corrected chi connectivity index (χ0v) is 13.4. The van der Waals surface area contributed by atoms with Crippen LogP contribution in [0.3, 0.4) is 0 Å². The minimum atomic E-state index is 0.757. The summed E-state index contributed by atoms with van der Waals surface area (Å²) in [5.41, 5.74) is 2.77. The lowest BCUT2D eigenvalue weighted by atomic mass is 9.86. The van der Waals surface area contributed by atoms with Crippen LogP contribution in [-0.2, 0) is 0 Å². The van der Waals surface area contributed by atoms with Gasteiger partial charge < -0.3 is 5.32 Å². The number of thioether (sulfide) groups is 1. The lowest BCUT2D eigenvalue weighted by molar-refractivity contribution is 0.285. The number of hydrogen-bond acceptors (Lipinski definition) is 2. The summed E-state index contributed by atoms with van der Waals surface area (Å²) in [5.74, 6) is 2.03. The van der Waals surface area contributed by atoms with Crippen LogP contribution < -0.4 is 5.32 Å². The number of rotatable bonds is 5. The maximum atomic E-state index is 3.75. The molecule has 2 rings (SSSR count). The highest BCUT2D eigenvalue weighted by Crippen LogP contribution is 2.25. The van der Waals surface area contributed by atoms with Crippen LogP contribution in [0.4, 0.5) is 0 Å². The Hall–Kier alpha value is -0.470. The van der Waals surface area contributed by atoms with Crippen molar-refractivity contribution < 1.29 is 0 Å². The van der Waals surface area contributed by atoms with Crippen molar-refractivity contribution in [1.29, 1.82) is 0 Å². The van der Waals surface area contributed by atoms with Crippen LogP contribution in [0.15, 0.2) is 23.1 Å². The van der Waals surface area contributed by atoms with E-state index in [2.05, 4.69) is 44.3 Å². The molecule has 0 aliphatic heterocycles. The zero-order valence-electron chi connectivity index (χ0n) is 12.5. The Bertz CT molecular complexity index is 402. The molecule has 2 heteroatoms. The minimum Gasteiger partial charge on any atom is -0.313 e. The fourth-order valence-electron chi connectivity index (χ4n) is 2.89. The zero-order chi connectivity index (χ0) is 13.7. The first kappa shape index (κ1) is 14.9. The van der Waals surface area contributed by atoms with E-state index < -0.39 is 0 Å². The maximum Gasteiger partial charge on any atom is 0.0106 e. The second-order valence-corrected chi connectivity index (χ2v) is 7.08. The first-order chi connectivity index (χ1) is 9.16. The van der Waals surface area contributed by atoms with Crippen molar-refractivity contribution in [3.8, 4) is 0 Å². The third kappa shape index (κ3) is 4.54. The molecule has 0 spiro atoms. The molecule has 0 bridgehead atoms. The van der Waals surface area contributed by atoms with Gasteiger partial charge in [0.25, 0.3) is 0 Å². The van der Waals surface area contributed by atoms with Crippen molar-refractivity contribution in [2.24, 2.45) is 5.92 Å². The topological polar surface area (TPSA) is 12.0 Å². The molecule has 1 aliphatic rings. The Labute approximate surface area is 122 Å². The van der Waals surface area contributed by atoms with Gasteiger partial charge in [-0.15, -0.1) is 11.8 Å². The van der Waals surface area contributed by atoms with Crippen LogP contribution in [0.1, 0.15) is 43.7 Å². The normalized spacial score (nSPS) is 23.5. The smallest absolute Gasteiger partial charge is 0.0106 e. The summed E-state index contributed by atoms with van der Waals surface area (Å²) in [4.78, 5) is 1.44. The van der Waals surface area contributed by atoms with Crippen LogP contribution in [0.25, 0.3) is 0 Å². The first-order valence-electron chi connectivity index (χ1n) is 7.60. The Morgan fingerprint density at radius 2 is 2.00 bits per heavy atom. The lowest BCUT2D eigenvalue weighted by Gasteiger charge is -2.29. The van der Waals surface area contributed by atoms with Gasteiger partial charge in [-0.3, -0.25) is 0 Å². The quantitative estimate of drug-likeness (QED) is 0.625. The molecule has 0 heterocycles. The lowest BCUT2D eigenvalue weighted by Crippen LogP contribution is -2.38. The summed E-state index contributed by atoms with van der Waals surface area (Å²) >= 11 is 1.99. The molecule has 0 amide bonds. The number of nitrogens with one attached hydrogen (secondary N) is 1. The minimum absolute atomic E-state index is 0.757. The molecule has 19 heavy (non-hydrogen) atoms. The Kier molecular flexibility index (Phi) is 5.77.